The summed E-state index contributed by atoms with van der Waals surface area (Å²) in [6, 6.07) is 0. The van der Waals surface area contributed by atoms with Crippen LogP contribution in [0.15, 0.2) is 0 Å². The van der Waals surface area contributed by atoms with Crippen molar-refractivity contribution in [2.24, 2.45) is 0 Å². The van der Waals surface area contributed by atoms with Crippen LogP contribution in [0.5, 0.6) is 0 Å². The maximum atomic E-state index is 6.03. The molecule has 0 aliphatic heterocycles. The molecule has 14 heavy (non-hydrogen) atoms. The molecule has 2 N–H and O–H groups in total. The Morgan fingerprint density at radius 3 is 2.43 bits per heavy atom. The summed E-state index contributed by atoms with van der Waals surface area (Å²) >= 11 is 0. The fourth-order valence-electron chi connectivity index (χ4n) is 1.72. The van der Waals surface area contributed by atoms with Gasteiger partial charge in [-0.3, -0.25) is 0 Å². The standard InChI is InChI=1S/C11H21N3/c1-4-7-8-9-11(12)14(6-3)10(5-2)13-9/h4-8,12H2,1-3H3. The molecule has 3 heteroatoms. The predicted octanol–water partition coefficient (Wildman–Crippen LogP) is 2.39. The molecule has 0 fully saturated rings. The van der Waals surface area contributed by atoms with Crippen molar-refractivity contribution in [1.29, 1.82) is 0 Å². The van der Waals surface area contributed by atoms with Crippen LogP contribution in [0.25, 0.3) is 0 Å². The Morgan fingerprint density at radius 2 is 2.00 bits per heavy atom. The van der Waals surface area contributed by atoms with Crippen LogP contribution in [0.2, 0.25) is 0 Å². The average molecular weight is 195 g/mol. The maximum absolute atomic E-state index is 6.03. The lowest BCUT2D eigenvalue weighted by molar-refractivity contribution is 0.713. The predicted molar refractivity (Wildman–Crippen MR) is 60.3 cm³/mol. The summed E-state index contributed by atoms with van der Waals surface area (Å²) < 4.78 is 2.12. The van der Waals surface area contributed by atoms with Gasteiger partial charge in [0, 0.05) is 13.0 Å². The van der Waals surface area contributed by atoms with E-state index in [1.165, 1.54) is 12.8 Å². The monoisotopic (exact) mass is 195 g/mol. The minimum atomic E-state index is 0.873. The molecular weight excluding hydrogens is 174 g/mol. The van der Waals surface area contributed by atoms with Crippen molar-refractivity contribution in [2.75, 3.05) is 5.73 Å². The number of hydrogen-bond donors (Lipinski definition) is 1. The third-order valence-corrected chi connectivity index (χ3v) is 2.56. The van der Waals surface area contributed by atoms with E-state index in [-0.39, 0.29) is 0 Å². The Morgan fingerprint density at radius 1 is 1.29 bits per heavy atom. The number of aryl methyl sites for hydroxylation is 2. The molecule has 0 aromatic carbocycles. The van der Waals surface area contributed by atoms with Gasteiger partial charge < -0.3 is 10.3 Å². The number of rotatable bonds is 5. The summed E-state index contributed by atoms with van der Waals surface area (Å²) in [7, 11) is 0. The summed E-state index contributed by atoms with van der Waals surface area (Å²) in [5.41, 5.74) is 7.12. The molecule has 0 spiro atoms. The van der Waals surface area contributed by atoms with Crippen LogP contribution >= 0.6 is 0 Å². The molecule has 0 radical (unpaired) electrons. The molecular formula is C11H21N3. The molecule has 1 aromatic heterocycles. The van der Waals surface area contributed by atoms with Crippen molar-refractivity contribution in [1.82, 2.24) is 9.55 Å². The fourth-order valence-corrected chi connectivity index (χ4v) is 1.72. The van der Waals surface area contributed by atoms with E-state index in [0.29, 0.717) is 0 Å². The van der Waals surface area contributed by atoms with Crippen molar-refractivity contribution in [2.45, 2.75) is 53.0 Å². The van der Waals surface area contributed by atoms with Crippen LogP contribution in [-0.4, -0.2) is 9.55 Å². The van der Waals surface area contributed by atoms with Crippen LogP contribution in [0.4, 0.5) is 5.82 Å². The molecule has 0 aliphatic rings. The Hall–Kier alpha value is -0.990. The van der Waals surface area contributed by atoms with E-state index in [2.05, 4.69) is 30.3 Å². The van der Waals surface area contributed by atoms with Gasteiger partial charge in [-0.2, -0.15) is 0 Å². The SMILES string of the molecule is CCCCc1nc(CC)n(CC)c1N. The Bertz CT molecular complexity index is 289. The first-order valence-corrected chi connectivity index (χ1v) is 5.58. The van der Waals surface area contributed by atoms with Gasteiger partial charge in [0.25, 0.3) is 0 Å². The number of nitrogens with two attached hydrogens (primary N) is 1. The molecule has 0 bridgehead atoms. The molecule has 0 unspecified atom stereocenters. The van der Waals surface area contributed by atoms with E-state index in [1.54, 1.807) is 0 Å². The van der Waals surface area contributed by atoms with E-state index in [0.717, 1.165) is 36.7 Å². The van der Waals surface area contributed by atoms with Crippen LogP contribution < -0.4 is 5.73 Å². The smallest absolute Gasteiger partial charge is 0.126 e. The molecule has 1 heterocycles. The topological polar surface area (TPSA) is 43.8 Å². The van der Waals surface area contributed by atoms with E-state index < -0.39 is 0 Å². The lowest BCUT2D eigenvalue weighted by atomic mass is 10.2. The number of imidazole rings is 1. The summed E-state index contributed by atoms with van der Waals surface area (Å²) in [4.78, 5) is 4.57. The van der Waals surface area contributed by atoms with Gasteiger partial charge in [-0.05, 0) is 19.8 Å². The highest BCUT2D eigenvalue weighted by Crippen LogP contribution is 2.17. The molecule has 3 nitrogen and oxygen atoms in total. The van der Waals surface area contributed by atoms with Gasteiger partial charge in [-0.25, -0.2) is 4.98 Å². The number of nitrogen functional groups attached to an aromatic ring is 1. The van der Waals surface area contributed by atoms with Gasteiger partial charge in [-0.15, -0.1) is 0 Å². The van der Waals surface area contributed by atoms with Crippen molar-refractivity contribution in [3.05, 3.63) is 11.5 Å². The highest BCUT2D eigenvalue weighted by Gasteiger charge is 2.11. The number of anilines is 1. The molecule has 0 amide bonds. The lowest BCUT2D eigenvalue weighted by Gasteiger charge is -2.04. The van der Waals surface area contributed by atoms with Gasteiger partial charge in [0.05, 0.1) is 5.69 Å². The van der Waals surface area contributed by atoms with Crippen molar-refractivity contribution in [3.63, 3.8) is 0 Å². The second-order valence-corrected chi connectivity index (χ2v) is 3.56. The van der Waals surface area contributed by atoms with E-state index in [4.69, 9.17) is 5.73 Å². The summed E-state index contributed by atoms with van der Waals surface area (Å²) in [6.07, 6.45) is 4.35. The van der Waals surface area contributed by atoms with Crippen LogP contribution in [0.3, 0.4) is 0 Å². The molecule has 1 rings (SSSR count). The fraction of sp³-hybridized carbons (Fsp3) is 0.727. The summed E-state index contributed by atoms with van der Waals surface area (Å²) in [6.45, 7) is 7.35. The van der Waals surface area contributed by atoms with Crippen molar-refractivity contribution < 1.29 is 0 Å². The zero-order valence-corrected chi connectivity index (χ0v) is 9.51. The normalized spacial score (nSPS) is 10.8. The minimum absolute atomic E-state index is 0.873. The Balaban J connectivity index is 2.89. The largest absolute Gasteiger partial charge is 0.384 e. The Kier molecular flexibility index (Phi) is 3.98. The highest BCUT2D eigenvalue weighted by molar-refractivity contribution is 5.38. The maximum Gasteiger partial charge on any atom is 0.126 e. The van der Waals surface area contributed by atoms with Crippen LogP contribution in [0.1, 0.15) is 45.1 Å². The zero-order chi connectivity index (χ0) is 10.6. The third kappa shape index (κ3) is 2.08. The van der Waals surface area contributed by atoms with Crippen LogP contribution in [-0.2, 0) is 19.4 Å². The summed E-state index contributed by atoms with van der Waals surface area (Å²) in [5.74, 6) is 1.99. The van der Waals surface area contributed by atoms with E-state index in [1.807, 2.05) is 0 Å². The first-order valence-electron chi connectivity index (χ1n) is 5.58. The van der Waals surface area contributed by atoms with Gasteiger partial charge in [0.2, 0.25) is 0 Å². The van der Waals surface area contributed by atoms with Crippen molar-refractivity contribution >= 4 is 5.82 Å². The summed E-state index contributed by atoms with van der Waals surface area (Å²) in [5, 5.41) is 0. The van der Waals surface area contributed by atoms with E-state index >= 15 is 0 Å². The first kappa shape index (κ1) is 11.1. The molecule has 1 aromatic rings. The Labute approximate surface area is 86.3 Å². The highest BCUT2D eigenvalue weighted by atomic mass is 15.1. The molecule has 0 atom stereocenters. The number of hydrogen-bond acceptors (Lipinski definition) is 2. The average Bonchev–Trinajstić information content (AvgIpc) is 2.51. The second-order valence-electron chi connectivity index (χ2n) is 3.56. The third-order valence-electron chi connectivity index (χ3n) is 2.56. The molecule has 0 saturated carbocycles. The van der Waals surface area contributed by atoms with Crippen molar-refractivity contribution in [3.8, 4) is 0 Å². The number of nitrogens with zero attached hydrogens (tertiary/aromatic N) is 2. The number of unbranched alkanes of at least 4 members (excludes halogenated alkanes) is 1. The van der Waals surface area contributed by atoms with Gasteiger partial charge in [0.1, 0.15) is 11.6 Å². The zero-order valence-electron chi connectivity index (χ0n) is 9.51. The van der Waals surface area contributed by atoms with Gasteiger partial charge >= 0.3 is 0 Å². The number of aromatic nitrogens is 2. The van der Waals surface area contributed by atoms with Gasteiger partial charge in [0.15, 0.2) is 0 Å². The van der Waals surface area contributed by atoms with Gasteiger partial charge in [-0.1, -0.05) is 20.3 Å². The second kappa shape index (κ2) is 5.03. The van der Waals surface area contributed by atoms with E-state index in [9.17, 15) is 0 Å². The first-order chi connectivity index (χ1) is 6.74. The lowest BCUT2D eigenvalue weighted by Crippen LogP contribution is -2.04. The molecule has 0 aliphatic carbocycles. The van der Waals surface area contributed by atoms with Crippen LogP contribution in [0, 0.1) is 0 Å². The minimum Gasteiger partial charge on any atom is -0.384 e. The molecule has 80 valence electrons. The quantitative estimate of drug-likeness (QED) is 0.784. The molecule has 0 saturated heterocycles.